The number of carbonyl (C=O) groups is 4. The van der Waals surface area contributed by atoms with Crippen molar-refractivity contribution in [3.8, 4) is 0 Å². The second-order valence-corrected chi connectivity index (χ2v) is 9.68. The van der Waals surface area contributed by atoms with E-state index in [2.05, 4.69) is 16.0 Å². The highest BCUT2D eigenvalue weighted by Gasteiger charge is 2.56. The van der Waals surface area contributed by atoms with Crippen LogP contribution in [-0.4, -0.2) is 79.6 Å². The minimum absolute atomic E-state index is 0.106. The van der Waals surface area contributed by atoms with Crippen LogP contribution in [0.4, 0.5) is 0 Å². The van der Waals surface area contributed by atoms with E-state index in [0.29, 0.717) is 19.6 Å². The summed E-state index contributed by atoms with van der Waals surface area (Å²) in [5.41, 5.74) is 3.56. The highest BCUT2D eigenvalue weighted by Crippen LogP contribution is 2.29. The molecule has 0 atom stereocenters. The Balaban J connectivity index is 6.00. The van der Waals surface area contributed by atoms with Crippen molar-refractivity contribution in [2.75, 3.05) is 45.8 Å². The molecule has 9 nitrogen and oxygen atoms in total. The second kappa shape index (κ2) is 15.3. The molecule has 5 N–H and O–H groups in total. The molecule has 0 unspecified atom stereocenters. The third-order valence-electron chi connectivity index (χ3n) is 5.33. The molecular weight excluding hydrogens is 422 g/mol. The standard InChI is InChI=1S/C24H47N5O4/c1-16(2)20(30)24(21(31)17(3)4,15-28-14-13-27-12-11-26-10-9-25)29(22(32)18(5)6)23(33)19(7)8/h16-19,26-28H,9-15,25H2,1-8H3. The zero-order valence-corrected chi connectivity index (χ0v) is 21.9. The lowest BCUT2D eigenvalue weighted by Crippen LogP contribution is -2.71. The lowest BCUT2D eigenvalue weighted by Gasteiger charge is -2.43. The molecule has 0 aliphatic heterocycles. The van der Waals surface area contributed by atoms with Crippen LogP contribution in [0.1, 0.15) is 55.4 Å². The van der Waals surface area contributed by atoms with Gasteiger partial charge in [-0.3, -0.25) is 24.1 Å². The van der Waals surface area contributed by atoms with Gasteiger partial charge >= 0.3 is 0 Å². The van der Waals surface area contributed by atoms with E-state index < -0.39 is 52.6 Å². The molecule has 33 heavy (non-hydrogen) atoms. The van der Waals surface area contributed by atoms with E-state index in [9.17, 15) is 19.2 Å². The van der Waals surface area contributed by atoms with Crippen molar-refractivity contribution in [1.29, 1.82) is 0 Å². The van der Waals surface area contributed by atoms with Crippen molar-refractivity contribution in [1.82, 2.24) is 20.9 Å². The molecule has 9 heteroatoms. The highest BCUT2D eigenvalue weighted by atomic mass is 16.2. The van der Waals surface area contributed by atoms with Crippen molar-refractivity contribution >= 4 is 23.4 Å². The first kappa shape index (κ1) is 31.3. The van der Waals surface area contributed by atoms with E-state index in [1.54, 1.807) is 55.4 Å². The number of nitrogens with one attached hydrogen (secondary N) is 3. The van der Waals surface area contributed by atoms with Gasteiger partial charge in [0, 0.05) is 69.5 Å². The lowest BCUT2D eigenvalue weighted by molar-refractivity contribution is -0.167. The Morgan fingerprint density at radius 2 is 1.00 bits per heavy atom. The normalized spacial score (nSPS) is 12.2. The van der Waals surface area contributed by atoms with Crippen molar-refractivity contribution < 1.29 is 19.2 Å². The molecule has 0 heterocycles. The molecule has 0 aromatic heterocycles. The number of amides is 2. The molecule has 2 amide bonds. The van der Waals surface area contributed by atoms with E-state index >= 15 is 0 Å². The maximum absolute atomic E-state index is 13.6. The summed E-state index contributed by atoms with van der Waals surface area (Å²) in [6, 6.07) is 0. The van der Waals surface area contributed by atoms with Gasteiger partial charge in [0.15, 0.2) is 17.1 Å². The summed E-state index contributed by atoms with van der Waals surface area (Å²) in [7, 11) is 0. The first-order valence-corrected chi connectivity index (χ1v) is 12.1. The molecule has 0 saturated heterocycles. The van der Waals surface area contributed by atoms with Crippen molar-refractivity contribution in [2.45, 2.75) is 60.9 Å². The fourth-order valence-corrected chi connectivity index (χ4v) is 3.53. The van der Waals surface area contributed by atoms with Crippen LogP contribution in [0.3, 0.4) is 0 Å². The van der Waals surface area contributed by atoms with Crippen molar-refractivity contribution in [3.63, 3.8) is 0 Å². The fraction of sp³-hybridized carbons (Fsp3) is 0.833. The van der Waals surface area contributed by atoms with Crippen LogP contribution >= 0.6 is 0 Å². The van der Waals surface area contributed by atoms with Gasteiger partial charge in [0.1, 0.15) is 0 Å². The van der Waals surface area contributed by atoms with Crippen LogP contribution in [0.25, 0.3) is 0 Å². The van der Waals surface area contributed by atoms with Gasteiger partial charge in [0.25, 0.3) is 0 Å². The summed E-state index contributed by atoms with van der Waals surface area (Å²) in [6.07, 6.45) is 0. The Morgan fingerprint density at radius 1 is 0.636 bits per heavy atom. The Morgan fingerprint density at radius 3 is 1.33 bits per heavy atom. The molecule has 0 radical (unpaired) electrons. The van der Waals surface area contributed by atoms with E-state index in [1.165, 1.54) is 0 Å². The largest absolute Gasteiger partial charge is 0.329 e. The van der Waals surface area contributed by atoms with Gasteiger partial charge in [-0.25, -0.2) is 0 Å². The van der Waals surface area contributed by atoms with Gasteiger partial charge in [0.2, 0.25) is 11.8 Å². The van der Waals surface area contributed by atoms with E-state index in [1.807, 2.05) is 0 Å². The third kappa shape index (κ3) is 8.88. The van der Waals surface area contributed by atoms with Gasteiger partial charge in [0.05, 0.1) is 0 Å². The number of carbonyl (C=O) groups excluding carboxylic acids is 4. The number of hydrogen-bond acceptors (Lipinski definition) is 8. The smallest absolute Gasteiger partial charge is 0.233 e. The quantitative estimate of drug-likeness (QED) is 0.179. The number of rotatable bonds is 17. The van der Waals surface area contributed by atoms with Crippen LogP contribution < -0.4 is 21.7 Å². The minimum atomic E-state index is -1.88. The maximum atomic E-state index is 13.6. The minimum Gasteiger partial charge on any atom is -0.329 e. The Hall–Kier alpha value is -1.68. The number of ketones is 2. The molecule has 0 spiro atoms. The number of nitrogens with two attached hydrogens (primary N) is 1. The van der Waals surface area contributed by atoms with Crippen molar-refractivity contribution in [2.24, 2.45) is 29.4 Å². The maximum Gasteiger partial charge on any atom is 0.233 e. The van der Waals surface area contributed by atoms with Gasteiger partial charge < -0.3 is 21.7 Å². The molecule has 192 valence electrons. The third-order valence-corrected chi connectivity index (χ3v) is 5.33. The van der Waals surface area contributed by atoms with E-state index in [-0.39, 0.29) is 6.54 Å². The van der Waals surface area contributed by atoms with Gasteiger partial charge in [-0.15, -0.1) is 0 Å². The number of imide groups is 1. The first-order chi connectivity index (χ1) is 15.4. The zero-order valence-electron chi connectivity index (χ0n) is 21.9. The monoisotopic (exact) mass is 469 g/mol. The summed E-state index contributed by atoms with van der Waals surface area (Å²) < 4.78 is 0. The molecule has 0 aromatic rings. The summed E-state index contributed by atoms with van der Waals surface area (Å²) in [5.74, 6) is -4.03. The molecule has 0 bridgehead atoms. The number of hydrogen-bond donors (Lipinski definition) is 4. The number of Topliss-reactive ketones (excluding diaryl/α,β-unsaturated/α-hetero) is 2. The summed E-state index contributed by atoms with van der Waals surface area (Å²) in [5, 5.41) is 9.63. The van der Waals surface area contributed by atoms with Crippen LogP contribution in [0.2, 0.25) is 0 Å². The topological polar surface area (TPSA) is 134 Å². The molecule has 0 aromatic carbocycles. The van der Waals surface area contributed by atoms with Gasteiger partial charge in [-0.2, -0.15) is 0 Å². The molecule has 0 rings (SSSR count). The second-order valence-electron chi connectivity index (χ2n) is 9.68. The zero-order chi connectivity index (χ0) is 25.8. The van der Waals surface area contributed by atoms with Crippen LogP contribution in [-0.2, 0) is 19.2 Å². The average Bonchev–Trinajstić information content (AvgIpc) is 2.75. The van der Waals surface area contributed by atoms with Crippen LogP contribution in [0.5, 0.6) is 0 Å². The fourth-order valence-electron chi connectivity index (χ4n) is 3.53. The molecule has 0 saturated carbocycles. The van der Waals surface area contributed by atoms with Crippen LogP contribution in [0, 0.1) is 23.7 Å². The Labute approximate surface area is 200 Å². The average molecular weight is 470 g/mol. The predicted octanol–water partition coefficient (Wildman–Crippen LogP) is 0.570. The lowest BCUT2D eigenvalue weighted by atomic mass is 9.76. The van der Waals surface area contributed by atoms with E-state index in [0.717, 1.165) is 24.5 Å². The predicted molar refractivity (Wildman–Crippen MR) is 132 cm³/mol. The molecular formula is C24H47N5O4. The van der Waals surface area contributed by atoms with Gasteiger partial charge in [-0.05, 0) is 0 Å². The molecule has 0 fully saturated rings. The first-order valence-electron chi connectivity index (χ1n) is 12.1. The van der Waals surface area contributed by atoms with Crippen LogP contribution in [0.15, 0.2) is 0 Å². The van der Waals surface area contributed by atoms with Gasteiger partial charge in [-0.1, -0.05) is 55.4 Å². The summed E-state index contributed by atoms with van der Waals surface area (Å²) in [4.78, 5) is 54.8. The molecule has 0 aliphatic rings. The summed E-state index contributed by atoms with van der Waals surface area (Å²) >= 11 is 0. The number of nitrogens with zero attached hydrogens (tertiary/aromatic N) is 1. The van der Waals surface area contributed by atoms with E-state index in [4.69, 9.17) is 5.73 Å². The SMILES string of the molecule is CC(C)C(=O)N(C(=O)C(C)C)C(CNCCNCCNCCN)(C(=O)C(C)C)C(=O)C(C)C. The highest BCUT2D eigenvalue weighted by molar-refractivity contribution is 6.19. The Bertz CT molecular complexity index is 607. The Kier molecular flexibility index (Phi) is 14.5. The summed E-state index contributed by atoms with van der Waals surface area (Å²) in [6.45, 7) is 17.3. The van der Waals surface area contributed by atoms with Crippen molar-refractivity contribution in [3.05, 3.63) is 0 Å². The molecule has 0 aliphatic carbocycles.